The molecule has 0 spiro atoms. The standard InChI is InChI=1S/C9H7F3N2O/c10-9(11,12)15-5-1-2-8-6(3-5)7(13)4-14-8/h1-4,14H,13H2. The lowest BCUT2D eigenvalue weighted by atomic mass is 10.2. The van der Waals surface area contributed by atoms with Crippen LogP contribution in [0.1, 0.15) is 0 Å². The smallest absolute Gasteiger partial charge is 0.406 e. The molecule has 1 aromatic carbocycles. The molecule has 0 fully saturated rings. The van der Waals surface area contributed by atoms with Gasteiger partial charge >= 0.3 is 6.36 Å². The highest BCUT2D eigenvalue weighted by Crippen LogP contribution is 2.28. The quantitative estimate of drug-likeness (QED) is 0.769. The van der Waals surface area contributed by atoms with Crippen molar-refractivity contribution < 1.29 is 17.9 Å². The summed E-state index contributed by atoms with van der Waals surface area (Å²) in [6, 6.07) is 3.95. The van der Waals surface area contributed by atoms with Crippen molar-refractivity contribution in [1.29, 1.82) is 0 Å². The van der Waals surface area contributed by atoms with E-state index in [2.05, 4.69) is 9.72 Å². The molecule has 80 valence electrons. The number of nitrogens with one attached hydrogen (secondary N) is 1. The van der Waals surface area contributed by atoms with Crippen LogP contribution in [0.4, 0.5) is 18.9 Å². The predicted octanol–water partition coefficient (Wildman–Crippen LogP) is 2.65. The van der Waals surface area contributed by atoms with Crippen LogP contribution in [-0.2, 0) is 0 Å². The van der Waals surface area contributed by atoms with Gasteiger partial charge < -0.3 is 15.5 Å². The average molecular weight is 216 g/mol. The minimum Gasteiger partial charge on any atom is -0.406 e. The van der Waals surface area contributed by atoms with E-state index in [-0.39, 0.29) is 5.75 Å². The van der Waals surface area contributed by atoms with Gasteiger partial charge in [-0.15, -0.1) is 13.2 Å². The van der Waals surface area contributed by atoms with E-state index in [0.717, 1.165) is 0 Å². The van der Waals surface area contributed by atoms with Gasteiger partial charge in [-0.25, -0.2) is 0 Å². The second-order valence-electron chi connectivity index (χ2n) is 3.00. The fourth-order valence-electron chi connectivity index (χ4n) is 1.32. The van der Waals surface area contributed by atoms with Gasteiger partial charge in [0.25, 0.3) is 0 Å². The first-order valence-corrected chi connectivity index (χ1v) is 4.08. The van der Waals surface area contributed by atoms with Crippen LogP contribution in [0.5, 0.6) is 5.75 Å². The number of fused-ring (bicyclic) bond motifs is 1. The molecule has 0 radical (unpaired) electrons. The molecule has 1 aromatic heterocycles. The molecule has 6 heteroatoms. The van der Waals surface area contributed by atoms with Crippen molar-refractivity contribution >= 4 is 16.6 Å². The van der Waals surface area contributed by atoms with E-state index in [0.29, 0.717) is 16.6 Å². The fourth-order valence-corrected chi connectivity index (χ4v) is 1.32. The van der Waals surface area contributed by atoms with Crippen LogP contribution in [0.15, 0.2) is 24.4 Å². The first-order chi connectivity index (χ1) is 6.96. The van der Waals surface area contributed by atoms with Crippen molar-refractivity contribution in [3.05, 3.63) is 24.4 Å². The molecule has 0 saturated heterocycles. The number of hydrogen-bond acceptors (Lipinski definition) is 2. The maximum atomic E-state index is 11.9. The Morgan fingerprint density at radius 1 is 1.27 bits per heavy atom. The van der Waals surface area contributed by atoms with Gasteiger partial charge in [-0.3, -0.25) is 0 Å². The third-order valence-corrected chi connectivity index (χ3v) is 1.92. The van der Waals surface area contributed by atoms with Crippen molar-refractivity contribution in [2.75, 3.05) is 5.73 Å². The van der Waals surface area contributed by atoms with Crippen LogP contribution in [0.2, 0.25) is 0 Å². The van der Waals surface area contributed by atoms with Crippen LogP contribution in [0, 0.1) is 0 Å². The fraction of sp³-hybridized carbons (Fsp3) is 0.111. The lowest BCUT2D eigenvalue weighted by Crippen LogP contribution is -2.16. The van der Waals surface area contributed by atoms with E-state index in [9.17, 15) is 13.2 Å². The topological polar surface area (TPSA) is 51.0 Å². The van der Waals surface area contributed by atoms with Gasteiger partial charge in [0.2, 0.25) is 0 Å². The lowest BCUT2D eigenvalue weighted by Gasteiger charge is -2.08. The Labute approximate surface area is 82.6 Å². The van der Waals surface area contributed by atoms with Gasteiger partial charge in [0, 0.05) is 17.1 Å². The number of halogens is 3. The summed E-state index contributed by atoms with van der Waals surface area (Å²) in [5.74, 6) is -0.277. The third-order valence-electron chi connectivity index (χ3n) is 1.92. The molecule has 2 aromatic rings. The molecule has 0 atom stereocenters. The number of benzene rings is 1. The Morgan fingerprint density at radius 2 is 2.00 bits per heavy atom. The van der Waals surface area contributed by atoms with Crippen LogP contribution >= 0.6 is 0 Å². The third kappa shape index (κ3) is 1.98. The first kappa shape index (κ1) is 9.70. The maximum absolute atomic E-state index is 11.9. The molecule has 0 amide bonds. The summed E-state index contributed by atoms with van der Waals surface area (Å²) in [6.45, 7) is 0. The van der Waals surface area contributed by atoms with Gasteiger partial charge in [0.15, 0.2) is 0 Å². The monoisotopic (exact) mass is 216 g/mol. The Morgan fingerprint density at radius 3 is 2.67 bits per heavy atom. The van der Waals surface area contributed by atoms with E-state index in [4.69, 9.17) is 5.73 Å². The van der Waals surface area contributed by atoms with Crippen LogP contribution in [0.25, 0.3) is 10.9 Å². The first-order valence-electron chi connectivity index (χ1n) is 4.08. The highest BCUT2D eigenvalue weighted by atomic mass is 19.4. The normalized spacial score (nSPS) is 11.9. The minimum absolute atomic E-state index is 0.277. The molecule has 0 aliphatic rings. The predicted molar refractivity (Wildman–Crippen MR) is 49.4 cm³/mol. The van der Waals surface area contributed by atoms with E-state index in [1.54, 1.807) is 0 Å². The Bertz CT molecular complexity index is 490. The van der Waals surface area contributed by atoms with Gasteiger partial charge in [-0.2, -0.15) is 0 Å². The molecule has 0 aliphatic heterocycles. The van der Waals surface area contributed by atoms with Gasteiger partial charge in [-0.1, -0.05) is 0 Å². The Balaban J connectivity index is 2.42. The molecule has 0 unspecified atom stereocenters. The summed E-state index contributed by atoms with van der Waals surface area (Å²) >= 11 is 0. The van der Waals surface area contributed by atoms with E-state index in [1.165, 1.54) is 24.4 Å². The zero-order valence-corrected chi connectivity index (χ0v) is 7.43. The molecule has 15 heavy (non-hydrogen) atoms. The largest absolute Gasteiger partial charge is 0.573 e. The molecular formula is C9H7F3N2O. The molecule has 0 saturated carbocycles. The Hall–Kier alpha value is -1.85. The Kier molecular flexibility index (Phi) is 1.99. The summed E-state index contributed by atoms with van der Waals surface area (Å²) in [7, 11) is 0. The van der Waals surface area contributed by atoms with Gasteiger partial charge in [0.05, 0.1) is 5.69 Å². The summed E-state index contributed by atoms with van der Waals surface area (Å²) < 4.78 is 39.5. The number of H-pyrrole nitrogens is 1. The highest BCUT2D eigenvalue weighted by molar-refractivity contribution is 5.92. The summed E-state index contributed by atoms with van der Waals surface area (Å²) in [5.41, 5.74) is 6.60. The zero-order chi connectivity index (χ0) is 11.1. The SMILES string of the molecule is Nc1c[nH]c2ccc(OC(F)(F)F)cc12. The molecule has 2 rings (SSSR count). The zero-order valence-electron chi connectivity index (χ0n) is 7.43. The van der Waals surface area contributed by atoms with Gasteiger partial charge in [-0.05, 0) is 18.2 Å². The molecule has 0 bridgehead atoms. The molecule has 3 nitrogen and oxygen atoms in total. The van der Waals surface area contributed by atoms with Crippen molar-refractivity contribution in [1.82, 2.24) is 4.98 Å². The maximum Gasteiger partial charge on any atom is 0.573 e. The number of aromatic amines is 1. The second-order valence-corrected chi connectivity index (χ2v) is 3.00. The van der Waals surface area contributed by atoms with Crippen LogP contribution in [-0.4, -0.2) is 11.3 Å². The van der Waals surface area contributed by atoms with Crippen molar-refractivity contribution in [3.63, 3.8) is 0 Å². The van der Waals surface area contributed by atoms with E-state index < -0.39 is 6.36 Å². The summed E-state index contributed by atoms with van der Waals surface area (Å²) in [4.78, 5) is 2.82. The summed E-state index contributed by atoms with van der Waals surface area (Å²) in [6.07, 6.45) is -3.17. The number of nitrogen functional groups attached to an aromatic ring is 1. The summed E-state index contributed by atoms with van der Waals surface area (Å²) in [5, 5.41) is 0.511. The molecule has 1 heterocycles. The van der Waals surface area contributed by atoms with E-state index >= 15 is 0 Å². The number of rotatable bonds is 1. The number of hydrogen-bond donors (Lipinski definition) is 2. The average Bonchev–Trinajstić information content (AvgIpc) is 2.45. The molecular weight excluding hydrogens is 209 g/mol. The molecule has 3 N–H and O–H groups in total. The number of aromatic nitrogens is 1. The second kappa shape index (κ2) is 3.08. The number of ether oxygens (including phenoxy) is 1. The minimum atomic E-state index is -4.68. The van der Waals surface area contributed by atoms with Crippen LogP contribution < -0.4 is 10.5 Å². The number of nitrogens with two attached hydrogens (primary N) is 1. The number of alkyl halides is 3. The van der Waals surface area contributed by atoms with Crippen LogP contribution in [0.3, 0.4) is 0 Å². The van der Waals surface area contributed by atoms with Crippen molar-refractivity contribution in [2.24, 2.45) is 0 Å². The number of anilines is 1. The lowest BCUT2D eigenvalue weighted by molar-refractivity contribution is -0.274. The van der Waals surface area contributed by atoms with Gasteiger partial charge in [0.1, 0.15) is 5.75 Å². The van der Waals surface area contributed by atoms with Crippen molar-refractivity contribution in [2.45, 2.75) is 6.36 Å². The van der Waals surface area contributed by atoms with E-state index in [1.807, 2.05) is 0 Å². The highest BCUT2D eigenvalue weighted by Gasteiger charge is 2.31. The molecule has 0 aliphatic carbocycles. The van der Waals surface area contributed by atoms with Crippen molar-refractivity contribution in [3.8, 4) is 5.75 Å².